The summed E-state index contributed by atoms with van der Waals surface area (Å²) in [6.45, 7) is 4.18. The van der Waals surface area contributed by atoms with Crippen molar-refractivity contribution in [3.05, 3.63) is 59.7 Å². The molecule has 137 heavy (non-hydrogen) atoms. The van der Waals surface area contributed by atoms with Crippen LogP contribution in [0.2, 0.25) is 0 Å². The molecule has 52 heteroatoms. The first-order valence-corrected chi connectivity index (χ1v) is 47.7. The molecule has 16 amide bonds. The number of phenolic OH excluding ortho intramolecular Hbond substituents is 2. The highest BCUT2D eigenvalue weighted by atomic mass is 32.2. The van der Waals surface area contributed by atoms with Crippen LogP contribution in [0.15, 0.2) is 48.5 Å². The summed E-state index contributed by atoms with van der Waals surface area (Å²) in [5.74, 6) is -20.5. The molecule has 0 aromatic heterocycles. The lowest BCUT2D eigenvalue weighted by atomic mass is 10.0. The van der Waals surface area contributed by atoms with Crippen molar-refractivity contribution < 1.29 is 117 Å². The molecule has 0 saturated heterocycles. The number of aliphatic carboxylic acids is 2. The van der Waals surface area contributed by atoms with Gasteiger partial charge in [-0.25, -0.2) is 4.79 Å². The molecule has 0 aliphatic rings. The predicted molar refractivity (Wildman–Crippen MR) is 507 cm³/mol. The monoisotopic (exact) mass is 1980 g/mol. The van der Waals surface area contributed by atoms with Crippen LogP contribution in [0.5, 0.6) is 11.5 Å². The first kappa shape index (κ1) is 121. The van der Waals surface area contributed by atoms with Crippen LogP contribution >= 0.6 is 23.5 Å². The van der Waals surface area contributed by atoms with Crippen molar-refractivity contribution in [2.75, 3.05) is 69.9 Å². The number of aliphatic hydroxyl groups excluding tert-OH is 2. The van der Waals surface area contributed by atoms with E-state index in [2.05, 4.69) is 90.4 Å². The summed E-state index contributed by atoms with van der Waals surface area (Å²) < 4.78 is 0. The van der Waals surface area contributed by atoms with Gasteiger partial charge in [-0.15, -0.1) is 0 Å². The minimum atomic E-state index is -2.11. The molecule has 2 aromatic rings. The van der Waals surface area contributed by atoms with E-state index in [1.165, 1.54) is 79.0 Å². The van der Waals surface area contributed by atoms with Crippen molar-refractivity contribution in [1.29, 1.82) is 10.8 Å². The summed E-state index contributed by atoms with van der Waals surface area (Å²) in [4.78, 5) is 250. The standard InChI is InChI=1S/C85H142N26O24S2/c1-45(2)39-63(83(134)135)109-74(125)57(19-14-36-96-85(93)94)104-79(130)61(41-49-22-26-51(115)27-23-49)107-73(124)55(17-9-12-34-88)103-80(131)62(42-67(118)119)108-82(133)68(47(4)113)111-77(128)59(31-38-137-6)106-81(132)64(44-112)110-75(126)56(18-13-35-95-84(91)92)100-69(120)46(3)98-71(122)53(15-7-10-32-86)101-72(123)54(16-8-11-33-87)102-76(127)58(28-29-65(90)116)105-78(129)60(40-48-20-24-50(114)25-21-48)99-66(117)43-97-70(121)52(89)30-37-136-5/h20-27,45-47,52-64,68,112-115H,7-19,28-44,86-89H2,1-6H3,(H2,90,116)(H,97,121)(H,98,122)(H,99,117)(H,100,120)(H,101,123)(H,102,127)(H,103,131)(H,104,130)(H,105,129)(H,106,132)(H,107,124)(H,108,133)(H,109,125)(H,110,126)(H,111,128)(H,118,119)(H,134,135)(H4,91,92,95)(H4,93,94,96)/t46-,47+,52-,53-,54-,55-,56-,57-,58-,59-,60-,61-,62-,63-,64-,68-/m0/s1. The molecule has 768 valence electrons. The van der Waals surface area contributed by atoms with Gasteiger partial charge in [0.15, 0.2) is 11.9 Å². The van der Waals surface area contributed by atoms with Crippen molar-refractivity contribution in [1.82, 2.24) is 90.4 Å². The number of nitrogens with one attached hydrogen (secondary N) is 19. The van der Waals surface area contributed by atoms with Crippen LogP contribution in [0.4, 0.5) is 0 Å². The zero-order valence-electron chi connectivity index (χ0n) is 78.0. The summed E-state index contributed by atoms with van der Waals surface area (Å²) in [5.41, 5.74) is 40.6. The van der Waals surface area contributed by atoms with Gasteiger partial charge < -0.3 is 161 Å². The third-order valence-electron chi connectivity index (χ3n) is 20.9. The van der Waals surface area contributed by atoms with E-state index in [9.17, 15) is 117 Å². The molecule has 0 radical (unpaired) electrons. The average Bonchev–Trinajstić information content (AvgIpc) is 0.848. The molecule has 0 spiro atoms. The van der Waals surface area contributed by atoms with Gasteiger partial charge in [-0.3, -0.25) is 92.3 Å². The van der Waals surface area contributed by atoms with Crippen LogP contribution in [0.1, 0.15) is 161 Å². The van der Waals surface area contributed by atoms with Gasteiger partial charge in [0.1, 0.15) is 96.1 Å². The lowest BCUT2D eigenvalue weighted by Crippen LogP contribution is -2.62. The van der Waals surface area contributed by atoms with E-state index < -0.39 is 248 Å². The van der Waals surface area contributed by atoms with Gasteiger partial charge in [-0.05, 0) is 208 Å². The Bertz CT molecular complexity index is 4280. The number of aliphatic hydroxyl groups is 2. The maximum Gasteiger partial charge on any atom is 0.326 e. The van der Waals surface area contributed by atoms with Crippen LogP contribution < -0.4 is 131 Å². The number of rotatable bonds is 70. The highest BCUT2D eigenvalue weighted by Crippen LogP contribution is 2.18. The van der Waals surface area contributed by atoms with Crippen molar-refractivity contribution in [3.8, 4) is 11.5 Å². The first-order chi connectivity index (χ1) is 64.8. The largest absolute Gasteiger partial charge is 0.508 e. The Balaban J connectivity index is 2.53. The van der Waals surface area contributed by atoms with E-state index in [1.807, 2.05) is 6.26 Å². The molecule has 0 saturated carbocycles. The summed E-state index contributed by atoms with van der Waals surface area (Å²) in [6.07, 6.45) is -0.638. The lowest BCUT2D eigenvalue weighted by Gasteiger charge is -2.29. The summed E-state index contributed by atoms with van der Waals surface area (Å²) in [6, 6.07) is -13.3. The molecule has 0 bridgehead atoms. The smallest absolute Gasteiger partial charge is 0.326 e. The minimum absolute atomic E-state index is 0.00358. The fraction of sp³-hybridized carbons (Fsp3) is 0.624. The number of hydrogen-bond donors (Lipinski definition) is 32. The van der Waals surface area contributed by atoms with Gasteiger partial charge in [0.25, 0.3) is 0 Å². The molecule has 16 atom stereocenters. The van der Waals surface area contributed by atoms with E-state index >= 15 is 0 Å². The molecule has 0 fully saturated rings. The van der Waals surface area contributed by atoms with E-state index in [0.29, 0.717) is 36.1 Å². The van der Waals surface area contributed by atoms with E-state index in [4.69, 9.17) is 51.0 Å². The fourth-order valence-corrected chi connectivity index (χ4v) is 14.3. The number of carboxylic acid groups (broad SMARTS) is 2. The number of amides is 16. The topological polar surface area (TPSA) is 863 Å². The molecule has 2 aromatic carbocycles. The number of aromatic hydroxyl groups is 2. The second kappa shape index (κ2) is 66.1. The zero-order valence-corrected chi connectivity index (χ0v) is 79.7. The normalized spacial score (nSPS) is 14.6. The summed E-state index contributed by atoms with van der Waals surface area (Å²) in [5, 5.41) is 119. The number of carbonyl (C=O) groups excluding carboxylic acids is 16. The molecule has 39 N–H and O–H groups in total. The third-order valence-corrected chi connectivity index (χ3v) is 22.2. The quantitative estimate of drug-likeness (QED) is 0.0166. The molecular weight excluding hydrogens is 1830 g/mol. The Labute approximate surface area is 802 Å². The Morgan fingerprint density at radius 3 is 1.09 bits per heavy atom. The Morgan fingerprint density at radius 2 is 0.715 bits per heavy atom. The van der Waals surface area contributed by atoms with Crippen LogP contribution in [0.25, 0.3) is 0 Å². The van der Waals surface area contributed by atoms with Crippen LogP contribution in [0, 0.1) is 16.7 Å². The maximum absolute atomic E-state index is 14.6. The van der Waals surface area contributed by atoms with Crippen LogP contribution in [-0.2, 0) is 99.1 Å². The van der Waals surface area contributed by atoms with Crippen LogP contribution in [0.3, 0.4) is 0 Å². The van der Waals surface area contributed by atoms with Gasteiger partial charge in [0, 0.05) is 32.4 Å². The zero-order chi connectivity index (χ0) is 103. The highest BCUT2D eigenvalue weighted by Gasteiger charge is 2.40. The Morgan fingerprint density at radius 1 is 0.380 bits per heavy atom. The lowest BCUT2D eigenvalue weighted by molar-refractivity contribution is -0.143. The number of carboxylic acids is 2. The third kappa shape index (κ3) is 49.2. The number of guanidine groups is 2. The number of nitrogens with two attached hydrogens (primary N) is 7. The van der Waals surface area contributed by atoms with Crippen molar-refractivity contribution in [2.45, 2.75) is 259 Å². The predicted octanol–water partition coefficient (Wildman–Crippen LogP) is -8.20. The number of primary amides is 1. The van der Waals surface area contributed by atoms with Gasteiger partial charge in [0.2, 0.25) is 94.5 Å². The number of hydrogen-bond acceptors (Lipinski definition) is 30. The van der Waals surface area contributed by atoms with E-state index in [-0.39, 0.29) is 152 Å². The first-order valence-electron chi connectivity index (χ1n) is 44.9. The second-order valence-electron chi connectivity index (χ2n) is 33.0. The van der Waals surface area contributed by atoms with Crippen molar-refractivity contribution in [3.63, 3.8) is 0 Å². The number of benzene rings is 2. The summed E-state index contributed by atoms with van der Waals surface area (Å²) >= 11 is 2.62. The minimum Gasteiger partial charge on any atom is -0.508 e. The van der Waals surface area contributed by atoms with Crippen molar-refractivity contribution >= 4 is 142 Å². The van der Waals surface area contributed by atoms with E-state index in [0.717, 1.165) is 6.92 Å². The van der Waals surface area contributed by atoms with Gasteiger partial charge >= 0.3 is 11.9 Å². The average molecular weight is 1980 g/mol. The molecule has 0 aliphatic heterocycles. The van der Waals surface area contributed by atoms with Gasteiger partial charge in [-0.2, -0.15) is 23.5 Å². The highest BCUT2D eigenvalue weighted by molar-refractivity contribution is 7.98. The molecule has 0 heterocycles. The maximum atomic E-state index is 14.6. The number of thioether (sulfide) groups is 2. The number of unbranched alkanes of at least 4 members (excludes halogenated alkanes) is 3. The van der Waals surface area contributed by atoms with Gasteiger partial charge in [0.05, 0.1) is 31.7 Å². The summed E-state index contributed by atoms with van der Waals surface area (Å²) in [7, 11) is 0. The number of phenols is 2. The molecular formula is C85H142N26O24S2. The van der Waals surface area contributed by atoms with Gasteiger partial charge in [-0.1, -0.05) is 38.1 Å². The van der Waals surface area contributed by atoms with Crippen LogP contribution in [-0.4, -0.2) is 316 Å². The number of carbonyl (C=O) groups is 18. The molecule has 2 rings (SSSR count). The second-order valence-corrected chi connectivity index (χ2v) is 34.9. The molecule has 0 unspecified atom stereocenters. The Kier molecular flexibility index (Phi) is 58.1. The Hall–Kier alpha value is -12.5. The molecule has 0 aliphatic carbocycles. The SMILES string of the molecule is CSCC[C@H](NC(=O)[C@H](CO)NC(=O)[C@H](CCCNC(=N)N)NC(=O)[C@H](C)NC(=O)[C@H](CCCCN)NC(=O)[C@H](CCCCN)NC(=O)[C@H](CCC(N)=O)NC(=O)[C@H](Cc1ccc(O)cc1)NC(=O)CNC(=O)[C@@H](N)CCSC)C(=O)N[C@H](C(=O)N[C@@H](CC(=O)O)C(=O)N[C@@H](CCCCN)C(=O)N[C@@H](Cc1ccc(O)cc1)C(=O)N[C@@H](CCCNC(=N)N)C(=O)N[C@@H](CC(C)C)C(=O)O)[C@@H](C)O. The van der Waals surface area contributed by atoms with Crippen molar-refractivity contribution in [2.24, 2.45) is 46.1 Å². The molecule has 50 nitrogen and oxygen atoms in total. The fourth-order valence-electron chi connectivity index (χ4n) is 13.3. The van der Waals surface area contributed by atoms with E-state index in [1.54, 1.807) is 20.1 Å².